The number of likely N-dealkylation sites (tertiary alicyclic amines) is 1. The average Bonchev–Trinajstić information content (AvgIpc) is 3.18. The number of fused-ring (bicyclic) bond motifs is 1. The standard InChI is InChI=1S/C17H22N4O4/c18-13(17(24)25)2-4-16(23)21-9-12(14(22)10-21)7-11-1-3-15-19-5-6-20(15)8-11/h1,3,5-6,8,12-14,22H,2,4,7,9-10,18H2,(H,24,25)/t12-,13+,14+/m1/s1. The van der Waals surface area contributed by atoms with E-state index in [4.69, 9.17) is 10.8 Å². The number of imidazole rings is 1. The monoisotopic (exact) mass is 346 g/mol. The molecule has 3 heterocycles. The van der Waals surface area contributed by atoms with E-state index >= 15 is 0 Å². The number of carboxylic acids is 1. The Morgan fingerprint density at radius 3 is 2.92 bits per heavy atom. The summed E-state index contributed by atoms with van der Waals surface area (Å²) in [6, 6.07) is 2.87. The second kappa shape index (κ2) is 7.20. The van der Waals surface area contributed by atoms with Gasteiger partial charge in [-0.1, -0.05) is 6.07 Å². The molecule has 25 heavy (non-hydrogen) atoms. The van der Waals surface area contributed by atoms with Crippen molar-refractivity contribution in [1.82, 2.24) is 14.3 Å². The average molecular weight is 346 g/mol. The summed E-state index contributed by atoms with van der Waals surface area (Å²) in [6.45, 7) is 0.739. The zero-order valence-corrected chi connectivity index (χ0v) is 13.8. The molecule has 8 nitrogen and oxygen atoms in total. The molecular formula is C17H22N4O4. The molecule has 8 heteroatoms. The van der Waals surface area contributed by atoms with Crippen molar-refractivity contribution in [2.45, 2.75) is 31.4 Å². The first-order valence-corrected chi connectivity index (χ1v) is 8.30. The topological polar surface area (TPSA) is 121 Å². The molecule has 4 N–H and O–H groups in total. The van der Waals surface area contributed by atoms with Gasteiger partial charge in [0.1, 0.15) is 11.7 Å². The highest BCUT2D eigenvalue weighted by atomic mass is 16.4. The lowest BCUT2D eigenvalue weighted by Crippen LogP contribution is -2.34. The van der Waals surface area contributed by atoms with Gasteiger partial charge < -0.3 is 25.2 Å². The van der Waals surface area contributed by atoms with Crippen LogP contribution in [0.4, 0.5) is 0 Å². The first-order valence-electron chi connectivity index (χ1n) is 8.30. The van der Waals surface area contributed by atoms with E-state index < -0.39 is 18.1 Å². The van der Waals surface area contributed by atoms with Crippen molar-refractivity contribution >= 4 is 17.5 Å². The number of amides is 1. The third-order valence-corrected chi connectivity index (χ3v) is 4.69. The Balaban J connectivity index is 1.57. The fourth-order valence-electron chi connectivity index (χ4n) is 3.21. The number of hydrogen-bond acceptors (Lipinski definition) is 5. The summed E-state index contributed by atoms with van der Waals surface area (Å²) in [5, 5.41) is 19.0. The Labute approximate surface area is 144 Å². The van der Waals surface area contributed by atoms with Crippen LogP contribution >= 0.6 is 0 Å². The minimum atomic E-state index is -1.11. The Morgan fingerprint density at radius 2 is 2.16 bits per heavy atom. The van der Waals surface area contributed by atoms with Gasteiger partial charge in [-0.25, -0.2) is 4.98 Å². The summed E-state index contributed by atoms with van der Waals surface area (Å²) < 4.78 is 1.92. The molecule has 1 amide bonds. The lowest BCUT2D eigenvalue weighted by molar-refractivity contribution is -0.139. The molecule has 3 rings (SSSR count). The van der Waals surface area contributed by atoms with Crippen LogP contribution in [0.2, 0.25) is 0 Å². The summed E-state index contributed by atoms with van der Waals surface area (Å²) in [4.78, 5) is 28.7. The fraction of sp³-hybridized carbons (Fsp3) is 0.471. The van der Waals surface area contributed by atoms with E-state index in [1.54, 1.807) is 11.1 Å². The van der Waals surface area contributed by atoms with Crippen molar-refractivity contribution in [2.75, 3.05) is 13.1 Å². The minimum Gasteiger partial charge on any atom is -0.480 e. The highest BCUT2D eigenvalue weighted by Crippen LogP contribution is 2.23. The Kier molecular flexibility index (Phi) is 5.00. The molecular weight excluding hydrogens is 324 g/mol. The number of β-amino-alcohol motifs (C(OH)–C–C–N with tert-alkyl or cyclic N) is 1. The summed E-state index contributed by atoms with van der Waals surface area (Å²) in [5.74, 6) is -1.32. The Hall–Kier alpha value is -2.45. The quantitative estimate of drug-likeness (QED) is 0.671. The van der Waals surface area contributed by atoms with Crippen LogP contribution in [0.25, 0.3) is 5.65 Å². The van der Waals surface area contributed by atoms with Crippen molar-refractivity contribution in [2.24, 2.45) is 11.7 Å². The predicted molar refractivity (Wildman–Crippen MR) is 89.8 cm³/mol. The molecule has 2 aromatic rings. The summed E-state index contributed by atoms with van der Waals surface area (Å²) in [7, 11) is 0. The van der Waals surface area contributed by atoms with Crippen LogP contribution in [-0.2, 0) is 16.0 Å². The number of hydrogen-bond donors (Lipinski definition) is 3. The fourth-order valence-corrected chi connectivity index (χ4v) is 3.21. The lowest BCUT2D eigenvalue weighted by Gasteiger charge is -2.17. The van der Waals surface area contributed by atoms with Crippen LogP contribution < -0.4 is 5.73 Å². The summed E-state index contributed by atoms with van der Waals surface area (Å²) in [6.07, 6.45) is 5.82. The molecule has 1 saturated heterocycles. The second-order valence-corrected chi connectivity index (χ2v) is 6.54. The van der Waals surface area contributed by atoms with Crippen LogP contribution in [0, 0.1) is 5.92 Å². The number of carbonyl (C=O) groups is 2. The Morgan fingerprint density at radius 1 is 1.36 bits per heavy atom. The maximum absolute atomic E-state index is 12.2. The van der Waals surface area contributed by atoms with Crippen molar-refractivity contribution in [1.29, 1.82) is 0 Å². The van der Waals surface area contributed by atoms with Crippen LogP contribution in [0.5, 0.6) is 0 Å². The first kappa shape index (κ1) is 17.4. The van der Waals surface area contributed by atoms with Gasteiger partial charge in [0.2, 0.25) is 5.91 Å². The molecule has 0 aliphatic carbocycles. The van der Waals surface area contributed by atoms with E-state index in [0.717, 1.165) is 11.2 Å². The zero-order chi connectivity index (χ0) is 18.0. The van der Waals surface area contributed by atoms with Crippen LogP contribution in [0.15, 0.2) is 30.7 Å². The number of aromatic nitrogens is 2. The molecule has 3 atom stereocenters. The molecule has 0 radical (unpaired) electrons. The van der Waals surface area contributed by atoms with Gasteiger partial charge in [0, 0.05) is 44.0 Å². The molecule has 1 aliphatic heterocycles. The van der Waals surface area contributed by atoms with E-state index in [0.29, 0.717) is 13.0 Å². The predicted octanol–water partition coefficient (Wildman–Crippen LogP) is -0.112. The van der Waals surface area contributed by atoms with E-state index in [1.807, 2.05) is 28.9 Å². The van der Waals surface area contributed by atoms with Gasteiger partial charge in [0.25, 0.3) is 0 Å². The number of aliphatic hydroxyl groups excluding tert-OH is 1. The SMILES string of the molecule is N[C@@H](CCC(=O)N1C[C@@H](Cc2ccc3nccn3c2)[C@@H](O)C1)C(=O)O. The van der Waals surface area contributed by atoms with Gasteiger partial charge in [0.05, 0.1) is 6.10 Å². The number of aliphatic carboxylic acids is 1. The van der Waals surface area contributed by atoms with Crippen LogP contribution in [0.1, 0.15) is 18.4 Å². The van der Waals surface area contributed by atoms with Gasteiger partial charge in [-0.2, -0.15) is 0 Å². The third kappa shape index (κ3) is 3.97. The van der Waals surface area contributed by atoms with E-state index in [1.165, 1.54) is 0 Å². The van der Waals surface area contributed by atoms with E-state index in [9.17, 15) is 14.7 Å². The lowest BCUT2D eigenvalue weighted by atomic mass is 9.98. The van der Waals surface area contributed by atoms with Gasteiger partial charge in [0.15, 0.2) is 0 Å². The number of aliphatic hydroxyl groups is 1. The summed E-state index contributed by atoms with van der Waals surface area (Å²) in [5.41, 5.74) is 7.36. The molecule has 1 fully saturated rings. The highest BCUT2D eigenvalue weighted by molar-refractivity contribution is 5.78. The molecule has 0 bridgehead atoms. The van der Waals surface area contributed by atoms with Gasteiger partial charge in [-0.15, -0.1) is 0 Å². The van der Waals surface area contributed by atoms with Crippen LogP contribution in [-0.4, -0.2) is 61.6 Å². The van der Waals surface area contributed by atoms with Crippen molar-refractivity contribution in [3.8, 4) is 0 Å². The smallest absolute Gasteiger partial charge is 0.320 e. The van der Waals surface area contributed by atoms with Crippen LogP contribution in [0.3, 0.4) is 0 Å². The maximum Gasteiger partial charge on any atom is 0.320 e. The molecule has 2 aromatic heterocycles. The van der Waals surface area contributed by atoms with Gasteiger partial charge >= 0.3 is 5.97 Å². The van der Waals surface area contributed by atoms with Crippen molar-refractivity contribution < 1.29 is 19.8 Å². The summed E-state index contributed by atoms with van der Waals surface area (Å²) >= 11 is 0. The number of nitrogens with zero attached hydrogens (tertiary/aromatic N) is 3. The van der Waals surface area contributed by atoms with E-state index in [-0.39, 0.29) is 31.2 Å². The number of pyridine rings is 1. The molecule has 0 aromatic carbocycles. The second-order valence-electron chi connectivity index (χ2n) is 6.54. The molecule has 0 spiro atoms. The van der Waals surface area contributed by atoms with E-state index in [2.05, 4.69) is 4.98 Å². The third-order valence-electron chi connectivity index (χ3n) is 4.69. The number of nitrogens with two attached hydrogens (primary N) is 1. The normalized spacial score (nSPS) is 21.6. The highest BCUT2D eigenvalue weighted by Gasteiger charge is 2.34. The van der Waals surface area contributed by atoms with Gasteiger partial charge in [-0.3, -0.25) is 9.59 Å². The van der Waals surface area contributed by atoms with Crippen molar-refractivity contribution in [3.05, 3.63) is 36.3 Å². The molecule has 1 aliphatic rings. The number of carbonyl (C=O) groups excluding carboxylic acids is 1. The maximum atomic E-state index is 12.2. The number of carboxylic acid groups (broad SMARTS) is 1. The molecule has 0 saturated carbocycles. The van der Waals surface area contributed by atoms with Gasteiger partial charge in [-0.05, 0) is 24.5 Å². The zero-order valence-electron chi connectivity index (χ0n) is 13.8. The molecule has 134 valence electrons. The minimum absolute atomic E-state index is 0.0435. The number of rotatable bonds is 6. The Bertz CT molecular complexity index is 775. The first-order chi connectivity index (χ1) is 11.9. The molecule has 0 unspecified atom stereocenters. The largest absolute Gasteiger partial charge is 0.480 e. The van der Waals surface area contributed by atoms with Crippen molar-refractivity contribution in [3.63, 3.8) is 0 Å².